The van der Waals surface area contributed by atoms with Gasteiger partial charge in [0, 0.05) is 19.5 Å². The van der Waals surface area contributed by atoms with Gasteiger partial charge in [-0.25, -0.2) is 4.68 Å². The van der Waals surface area contributed by atoms with Crippen molar-refractivity contribution in [1.29, 1.82) is 0 Å². The van der Waals surface area contributed by atoms with Gasteiger partial charge in [-0.3, -0.25) is 9.69 Å². The van der Waals surface area contributed by atoms with Crippen molar-refractivity contribution in [1.82, 2.24) is 19.9 Å². The quantitative estimate of drug-likeness (QED) is 0.829. The van der Waals surface area contributed by atoms with Gasteiger partial charge < -0.3 is 10.1 Å². The van der Waals surface area contributed by atoms with Crippen LogP contribution in [-0.2, 0) is 9.53 Å². The number of nitrogens with zero attached hydrogens (tertiary/aromatic N) is 4. The number of nitrogens with one attached hydrogen (secondary N) is 1. The number of ether oxygens (including phenoxy) is 1. The molecule has 1 aliphatic rings. The molecule has 25 heavy (non-hydrogen) atoms. The molecule has 2 heterocycles. The van der Waals surface area contributed by atoms with Crippen molar-refractivity contribution in [3.63, 3.8) is 0 Å². The van der Waals surface area contributed by atoms with E-state index in [0.29, 0.717) is 22.3 Å². The lowest BCUT2D eigenvalue weighted by Gasteiger charge is -2.26. The first kappa shape index (κ1) is 18.1. The number of anilines is 1. The Morgan fingerprint density at radius 3 is 2.80 bits per heavy atom. The molecule has 0 atom stereocenters. The van der Waals surface area contributed by atoms with Crippen molar-refractivity contribution in [3.05, 3.63) is 34.4 Å². The molecule has 1 fully saturated rings. The summed E-state index contributed by atoms with van der Waals surface area (Å²) in [4.78, 5) is 14.3. The van der Waals surface area contributed by atoms with E-state index >= 15 is 0 Å². The van der Waals surface area contributed by atoms with Crippen molar-refractivity contribution in [2.45, 2.75) is 12.8 Å². The Hall–Kier alpha value is -1.67. The van der Waals surface area contributed by atoms with E-state index in [2.05, 4.69) is 20.5 Å². The maximum atomic E-state index is 12.0. The average molecular weight is 384 g/mol. The van der Waals surface area contributed by atoms with Crippen LogP contribution in [0.4, 0.5) is 5.82 Å². The average Bonchev–Trinajstić information content (AvgIpc) is 3.06. The van der Waals surface area contributed by atoms with Crippen LogP contribution in [-0.4, -0.2) is 58.6 Å². The minimum atomic E-state index is -0.0746. The lowest BCUT2D eigenvalue weighted by Crippen LogP contribution is -2.37. The highest BCUT2D eigenvalue weighted by Crippen LogP contribution is 2.24. The largest absolute Gasteiger partial charge is 0.379 e. The van der Waals surface area contributed by atoms with Gasteiger partial charge in [0.05, 0.1) is 35.1 Å². The van der Waals surface area contributed by atoms with Gasteiger partial charge in [-0.05, 0) is 31.2 Å². The van der Waals surface area contributed by atoms with E-state index in [9.17, 15) is 4.79 Å². The molecule has 1 aromatic heterocycles. The summed E-state index contributed by atoms with van der Waals surface area (Å²) in [6.45, 7) is 4.29. The molecule has 0 saturated carbocycles. The van der Waals surface area contributed by atoms with Gasteiger partial charge >= 0.3 is 0 Å². The fourth-order valence-corrected chi connectivity index (χ4v) is 2.86. The summed E-state index contributed by atoms with van der Waals surface area (Å²) >= 11 is 11.9. The number of hydrogen-bond acceptors (Lipinski definition) is 5. The second-order valence-corrected chi connectivity index (χ2v) is 6.57. The van der Waals surface area contributed by atoms with Crippen LogP contribution in [0.1, 0.15) is 12.8 Å². The third-order valence-electron chi connectivity index (χ3n) is 3.91. The lowest BCUT2D eigenvalue weighted by atomic mass is 10.2. The summed E-state index contributed by atoms with van der Waals surface area (Å²) in [5.74, 6) is 0.330. The summed E-state index contributed by atoms with van der Waals surface area (Å²) < 4.78 is 6.84. The number of carbonyl (C=O) groups excluding carboxylic acids is 1. The van der Waals surface area contributed by atoms with Crippen LogP contribution < -0.4 is 5.32 Å². The second kappa shape index (κ2) is 8.62. The molecule has 0 bridgehead atoms. The molecule has 3 rings (SSSR count). The predicted molar refractivity (Wildman–Crippen MR) is 96.5 cm³/mol. The molecule has 1 amide bonds. The van der Waals surface area contributed by atoms with Crippen LogP contribution in [0.25, 0.3) is 5.69 Å². The SMILES string of the molecule is O=C(CCCN1CCOCC1)Nc1cn(-c2ccc(Cl)c(Cl)c2)nn1. The van der Waals surface area contributed by atoms with Crippen LogP contribution >= 0.6 is 23.2 Å². The highest BCUT2D eigenvalue weighted by Gasteiger charge is 2.12. The number of halogens is 2. The predicted octanol–water partition coefficient (Wildman–Crippen LogP) is 2.62. The highest BCUT2D eigenvalue weighted by molar-refractivity contribution is 6.42. The van der Waals surface area contributed by atoms with Gasteiger partial charge in [0.15, 0.2) is 5.82 Å². The standard InChI is InChI=1S/C16H19Cl2N5O2/c17-13-4-3-12(10-14(13)18)23-11-15(20-21-23)19-16(24)2-1-5-22-6-8-25-9-7-22/h3-4,10-11H,1-2,5-9H2,(H,19,24). The minimum Gasteiger partial charge on any atom is -0.379 e. The number of aromatic nitrogens is 3. The summed E-state index contributed by atoms with van der Waals surface area (Å²) in [6.07, 6.45) is 2.88. The van der Waals surface area contributed by atoms with E-state index in [1.165, 1.54) is 4.68 Å². The summed E-state index contributed by atoms with van der Waals surface area (Å²) in [7, 11) is 0. The first-order chi connectivity index (χ1) is 12.1. The Labute approximate surface area is 155 Å². The molecule has 7 nitrogen and oxygen atoms in total. The molecule has 0 radical (unpaired) electrons. The number of carbonyl (C=O) groups is 1. The molecule has 2 aromatic rings. The molecule has 1 saturated heterocycles. The van der Waals surface area contributed by atoms with Gasteiger partial charge in [-0.2, -0.15) is 0 Å². The Bertz CT molecular complexity index is 731. The lowest BCUT2D eigenvalue weighted by molar-refractivity contribution is -0.116. The Morgan fingerprint density at radius 1 is 1.24 bits per heavy atom. The second-order valence-electron chi connectivity index (χ2n) is 5.75. The summed E-state index contributed by atoms with van der Waals surface area (Å²) in [5.41, 5.74) is 0.717. The fraction of sp³-hybridized carbons (Fsp3) is 0.438. The van der Waals surface area contributed by atoms with E-state index in [1.807, 2.05) is 0 Å². The molecular formula is C16H19Cl2N5O2. The van der Waals surface area contributed by atoms with E-state index in [0.717, 1.165) is 45.0 Å². The van der Waals surface area contributed by atoms with Crippen molar-refractivity contribution >= 4 is 34.9 Å². The zero-order chi connectivity index (χ0) is 17.6. The van der Waals surface area contributed by atoms with Crippen molar-refractivity contribution in [2.75, 3.05) is 38.2 Å². The van der Waals surface area contributed by atoms with Crippen LogP contribution in [0.2, 0.25) is 10.0 Å². The van der Waals surface area contributed by atoms with Gasteiger partial charge in [-0.15, -0.1) is 5.10 Å². The van der Waals surface area contributed by atoms with E-state index < -0.39 is 0 Å². The van der Waals surface area contributed by atoms with Crippen molar-refractivity contribution in [2.24, 2.45) is 0 Å². The maximum absolute atomic E-state index is 12.0. The number of morpholine rings is 1. The third-order valence-corrected chi connectivity index (χ3v) is 4.65. The smallest absolute Gasteiger partial charge is 0.225 e. The normalized spacial score (nSPS) is 15.3. The molecule has 9 heteroatoms. The summed E-state index contributed by atoms with van der Waals surface area (Å²) in [6, 6.07) is 5.15. The number of benzene rings is 1. The Balaban J connectivity index is 1.48. The fourth-order valence-electron chi connectivity index (χ4n) is 2.57. The van der Waals surface area contributed by atoms with E-state index in [1.54, 1.807) is 24.4 Å². The van der Waals surface area contributed by atoms with Crippen LogP contribution in [0, 0.1) is 0 Å². The highest BCUT2D eigenvalue weighted by atomic mass is 35.5. The van der Waals surface area contributed by atoms with Gasteiger partial charge in [0.2, 0.25) is 5.91 Å². The van der Waals surface area contributed by atoms with Crippen molar-refractivity contribution < 1.29 is 9.53 Å². The maximum Gasteiger partial charge on any atom is 0.225 e. The van der Waals surface area contributed by atoms with Gasteiger partial charge in [-0.1, -0.05) is 28.4 Å². The molecular weight excluding hydrogens is 365 g/mol. The Kier molecular flexibility index (Phi) is 6.25. The topological polar surface area (TPSA) is 72.3 Å². The molecule has 134 valence electrons. The third kappa shape index (κ3) is 5.15. The summed E-state index contributed by atoms with van der Waals surface area (Å²) in [5, 5.41) is 11.6. The number of amides is 1. The molecule has 1 aromatic carbocycles. The first-order valence-electron chi connectivity index (χ1n) is 8.09. The Morgan fingerprint density at radius 2 is 2.04 bits per heavy atom. The van der Waals surface area contributed by atoms with E-state index in [-0.39, 0.29) is 5.91 Å². The van der Waals surface area contributed by atoms with Gasteiger partial charge in [0.25, 0.3) is 0 Å². The zero-order valence-corrected chi connectivity index (χ0v) is 15.1. The minimum absolute atomic E-state index is 0.0746. The molecule has 1 aliphatic heterocycles. The first-order valence-corrected chi connectivity index (χ1v) is 8.85. The van der Waals surface area contributed by atoms with Crippen molar-refractivity contribution in [3.8, 4) is 5.69 Å². The van der Waals surface area contributed by atoms with Gasteiger partial charge in [0.1, 0.15) is 0 Å². The van der Waals surface area contributed by atoms with Crippen LogP contribution in [0.3, 0.4) is 0 Å². The molecule has 0 spiro atoms. The van der Waals surface area contributed by atoms with Crippen LogP contribution in [0.15, 0.2) is 24.4 Å². The van der Waals surface area contributed by atoms with Crippen LogP contribution in [0.5, 0.6) is 0 Å². The number of rotatable bonds is 6. The number of hydrogen-bond donors (Lipinski definition) is 1. The zero-order valence-electron chi connectivity index (χ0n) is 13.6. The molecule has 0 aliphatic carbocycles. The van der Waals surface area contributed by atoms with E-state index in [4.69, 9.17) is 27.9 Å². The molecule has 0 unspecified atom stereocenters. The molecule has 1 N–H and O–H groups in total. The monoisotopic (exact) mass is 383 g/mol.